The standard InChI is InChI=1S/C21H24N2O6S/c24-21(29-17-4-2-1-3-5-17)19-16-18(30(25,26)23-10-14-28-15-11-23)6-7-20(19)22-8-12-27-13-9-22/h1-7,16H,8-15H2. The number of rotatable bonds is 5. The van der Waals surface area contributed by atoms with Gasteiger partial charge in [-0.1, -0.05) is 18.2 Å². The third kappa shape index (κ3) is 4.49. The number of nitrogens with zero attached hydrogens (tertiary/aromatic N) is 2. The van der Waals surface area contributed by atoms with E-state index in [0.717, 1.165) is 0 Å². The lowest BCUT2D eigenvalue weighted by Gasteiger charge is -2.31. The van der Waals surface area contributed by atoms with E-state index in [0.29, 0.717) is 51.0 Å². The minimum absolute atomic E-state index is 0.0708. The molecule has 9 heteroatoms. The van der Waals surface area contributed by atoms with Crippen molar-refractivity contribution in [2.75, 3.05) is 57.5 Å². The molecule has 2 saturated heterocycles. The van der Waals surface area contributed by atoms with Gasteiger partial charge in [0, 0.05) is 26.2 Å². The van der Waals surface area contributed by atoms with Gasteiger partial charge in [-0.3, -0.25) is 0 Å². The monoisotopic (exact) mass is 432 g/mol. The largest absolute Gasteiger partial charge is 0.423 e. The van der Waals surface area contributed by atoms with E-state index >= 15 is 0 Å². The van der Waals surface area contributed by atoms with Gasteiger partial charge in [0.2, 0.25) is 10.0 Å². The van der Waals surface area contributed by atoms with Crippen LogP contribution in [0.2, 0.25) is 0 Å². The van der Waals surface area contributed by atoms with Crippen molar-refractivity contribution in [2.24, 2.45) is 0 Å². The molecule has 8 nitrogen and oxygen atoms in total. The molecule has 0 aliphatic carbocycles. The van der Waals surface area contributed by atoms with E-state index in [1.54, 1.807) is 36.4 Å². The van der Waals surface area contributed by atoms with Crippen LogP contribution in [0.25, 0.3) is 0 Å². The van der Waals surface area contributed by atoms with Gasteiger partial charge in [-0.05, 0) is 30.3 Å². The van der Waals surface area contributed by atoms with Crippen LogP contribution in [0.3, 0.4) is 0 Å². The molecule has 0 saturated carbocycles. The highest BCUT2D eigenvalue weighted by Gasteiger charge is 2.29. The van der Waals surface area contributed by atoms with Gasteiger partial charge in [0.05, 0.1) is 42.6 Å². The van der Waals surface area contributed by atoms with Gasteiger partial charge in [-0.15, -0.1) is 0 Å². The van der Waals surface area contributed by atoms with Crippen molar-refractivity contribution in [3.8, 4) is 5.75 Å². The first-order valence-corrected chi connectivity index (χ1v) is 11.3. The summed E-state index contributed by atoms with van der Waals surface area (Å²) in [7, 11) is -3.74. The maximum absolute atomic E-state index is 13.1. The zero-order chi connectivity index (χ0) is 21.0. The fourth-order valence-electron chi connectivity index (χ4n) is 3.51. The van der Waals surface area contributed by atoms with E-state index in [9.17, 15) is 13.2 Å². The molecule has 30 heavy (non-hydrogen) atoms. The molecule has 0 N–H and O–H groups in total. The third-order valence-corrected chi connectivity index (χ3v) is 7.00. The van der Waals surface area contributed by atoms with Crippen LogP contribution < -0.4 is 9.64 Å². The van der Waals surface area contributed by atoms with Crippen LogP contribution in [0, 0.1) is 0 Å². The molecule has 2 fully saturated rings. The molecule has 160 valence electrons. The Kier molecular flexibility index (Phi) is 6.33. The van der Waals surface area contributed by atoms with Crippen LogP contribution in [0.5, 0.6) is 5.75 Å². The minimum atomic E-state index is -3.74. The summed E-state index contributed by atoms with van der Waals surface area (Å²) in [6.07, 6.45) is 0. The molecule has 0 spiro atoms. The molecule has 0 amide bonds. The van der Waals surface area contributed by atoms with E-state index in [2.05, 4.69) is 0 Å². The van der Waals surface area contributed by atoms with Crippen LogP contribution in [0.4, 0.5) is 5.69 Å². The molecule has 2 aliphatic rings. The first-order chi connectivity index (χ1) is 14.6. The summed E-state index contributed by atoms with van der Waals surface area (Å²) in [6, 6.07) is 13.4. The SMILES string of the molecule is O=C(Oc1ccccc1)c1cc(S(=O)(=O)N2CCOCC2)ccc1N1CCOCC1. The van der Waals surface area contributed by atoms with E-state index in [1.165, 1.54) is 10.4 Å². The fraction of sp³-hybridized carbons (Fsp3) is 0.381. The minimum Gasteiger partial charge on any atom is -0.423 e. The lowest BCUT2D eigenvalue weighted by atomic mass is 10.1. The zero-order valence-corrected chi connectivity index (χ0v) is 17.3. The highest BCUT2D eigenvalue weighted by Crippen LogP contribution is 2.28. The van der Waals surface area contributed by atoms with E-state index in [4.69, 9.17) is 14.2 Å². The van der Waals surface area contributed by atoms with Crippen molar-refractivity contribution in [1.29, 1.82) is 0 Å². The number of carbonyl (C=O) groups is 1. The normalized spacial score (nSPS) is 18.2. The van der Waals surface area contributed by atoms with Crippen molar-refractivity contribution < 1.29 is 27.4 Å². The Hall–Kier alpha value is -2.46. The maximum Gasteiger partial charge on any atom is 0.345 e. The predicted octanol–water partition coefficient (Wildman–Crippen LogP) is 1.76. The number of benzene rings is 2. The van der Waals surface area contributed by atoms with Crippen molar-refractivity contribution in [3.63, 3.8) is 0 Å². The van der Waals surface area contributed by atoms with Crippen LogP contribution >= 0.6 is 0 Å². The summed E-state index contributed by atoms with van der Waals surface area (Å²) in [4.78, 5) is 15.1. The molecular formula is C21H24N2O6S. The van der Waals surface area contributed by atoms with Crippen LogP contribution in [0.15, 0.2) is 53.4 Å². The average Bonchev–Trinajstić information content (AvgIpc) is 2.80. The van der Waals surface area contributed by atoms with E-state index in [-0.39, 0.29) is 23.5 Å². The van der Waals surface area contributed by atoms with Gasteiger partial charge < -0.3 is 19.1 Å². The van der Waals surface area contributed by atoms with Crippen LogP contribution in [0.1, 0.15) is 10.4 Å². The molecule has 4 rings (SSSR count). The number of hydrogen-bond donors (Lipinski definition) is 0. The Labute approximate surface area is 176 Å². The predicted molar refractivity (Wildman–Crippen MR) is 110 cm³/mol. The number of sulfonamides is 1. The Morgan fingerprint density at radius 1 is 0.867 bits per heavy atom. The quantitative estimate of drug-likeness (QED) is 0.526. The molecule has 2 heterocycles. The summed E-state index contributed by atoms with van der Waals surface area (Å²) in [5, 5.41) is 0. The van der Waals surface area contributed by atoms with Gasteiger partial charge in [0.1, 0.15) is 5.75 Å². The molecule has 0 bridgehead atoms. The lowest BCUT2D eigenvalue weighted by Crippen LogP contribution is -2.41. The zero-order valence-electron chi connectivity index (χ0n) is 16.5. The van der Waals surface area contributed by atoms with Gasteiger partial charge in [0.25, 0.3) is 0 Å². The maximum atomic E-state index is 13.1. The van der Waals surface area contributed by atoms with E-state index in [1.807, 2.05) is 11.0 Å². The molecule has 0 radical (unpaired) electrons. The number of ether oxygens (including phenoxy) is 3. The molecular weight excluding hydrogens is 408 g/mol. The summed E-state index contributed by atoms with van der Waals surface area (Å²) < 4.78 is 43.7. The number of esters is 1. The lowest BCUT2D eigenvalue weighted by molar-refractivity contribution is 0.0727. The smallest absolute Gasteiger partial charge is 0.345 e. The topological polar surface area (TPSA) is 85.4 Å². The Morgan fingerprint density at radius 3 is 2.17 bits per heavy atom. The summed E-state index contributed by atoms with van der Waals surface area (Å²) in [5.74, 6) is -0.196. The van der Waals surface area contributed by atoms with Crippen molar-refractivity contribution in [2.45, 2.75) is 4.90 Å². The number of carbonyl (C=O) groups excluding carboxylic acids is 1. The Balaban J connectivity index is 1.70. The Bertz CT molecular complexity index is 984. The van der Waals surface area contributed by atoms with Gasteiger partial charge >= 0.3 is 5.97 Å². The number of morpholine rings is 2. The fourth-order valence-corrected chi connectivity index (χ4v) is 4.94. The second-order valence-corrected chi connectivity index (χ2v) is 8.94. The highest BCUT2D eigenvalue weighted by molar-refractivity contribution is 7.89. The molecule has 2 aromatic carbocycles. The van der Waals surface area contributed by atoms with Crippen molar-refractivity contribution in [3.05, 3.63) is 54.1 Å². The van der Waals surface area contributed by atoms with Gasteiger partial charge in [0.15, 0.2) is 0 Å². The number of hydrogen-bond acceptors (Lipinski definition) is 7. The summed E-state index contributed by atoms with van der Waals surface area (Å²) in [6.45, 7) is 3.60. The molecule has 0 atom stereocenters. The second-order valence-electron chi connectivity index (χ2n) is 7.00. The first kappa shape index (κ1) is 20.8. The van der Waals surface area contributed by atoms with E-state index < -0.39 is 16.0 Å². The second kappa shape index (κ2) is 9.13. The highest BCUT2D eigenvalue weighted by atomic mass is 32.2. The first-order valence-electron chi connectivity index (χ1n) is 9.87. The molecule has 2 aromatic rings. The van der Waals surface area contributed by atoms with Crippen molar-refractivity contribution >= 4 is 21.7 Å². The van der Waals surface area contributed by atoms with Gasteiger partial charge in [-0.2, -0.15) is 4.31 Å². The average molecular weight is 432 g/mol. The number of anilines is 1. The summed E-state index contributed by atoms with van der Waals surface area (Å²) >= 11 is 0. The molecule has 2 aliphatic heterocycles. The summed E-state index contributed by atoms with van der Waals surface area (Å²) in [5.41, 5.74) is 0.857. The third-order valence-electron chi connectivity index (χ3n) is 5.10. The Morgan fingerprint density at radius 2 is 1.50 bits per heavy atom. The molecule has 0 aromatic heterocycles. The van der Waals surface area contributed by atoms with Crippen LogP contribution in [-0.4, -0.2) is 71.3 Å². The van der Waals surface area contributed by atoms with Crippen LogP contribution in [-0.2, 0) is 19.5 Å². The molecule has 0 unspecified atom stereocenters. The van der Waals surface area contributed by atoms with Crippen molar-refractivity contribution in [1.82, 2.24) is 4.31 Å². The van der Waals surface area contributed by atoms with Gasteiger partial charge in [-0.25, -0.2) is 13.2 Å². The number of para-hydroxylation sites is 1.